The molecule has 1 unspecified atom stereocenters. The van der Waals surface area contributed by atoms with E-state index in [-0.39, 0.29) is 10.7 Å². The van der Waals surface area contributed by atoms with Gasteiger partial charge in [-0.3, -0.25) is 14.2 Å². The zero-order chi connectivity index (χ0) is 19.5. The van der Waals surface area contributed by atoms with Crippen LogP contribution in [0.25, 0.3) is 10.9 Å². The molecule has 0 aliphatic carbocycles. The molecular formula is C16H17ClF3N3O2S. The zero-order valence-electron chi connectivity index (χ0n) is 14.1. The van der Waals surface area contributed by atoms with E-state index in [0.29, 0.717) is 28.9 Å². The summed E-state index contributed by atoms with van der Waals surface area (Å²) in [6.45, 7) is 2.32. The SMILES string of the molecule is CCCn1c(SC(C)C(=O)NCC(F)(F)F)nc2cc(Cl)ccc2c1=O. The third-order valence-electron chi connectivity index (χ3n) is 3.44. The summed E-state index contributed by atoms with van der Waals surface area (Å²) in [5.74, 6) is -0.782. The van der Waals surface area contributed by atoms with Crippen molar-refractivity contribution in [2.75, 3.05) is 6.54 Å². The molecule has 142 valence electrons. The molecule has 0 bridgehead atoms. The zero-order valence-corrected chi connectivity index (χ0v) is 15.6. The molecule has 5 nitrogen and oxygen atoms in total. The fourth-order valence-corrected chi connectivity index (χ4v) is 3.35. The number of hydrogen-bond donors (Lipinski definition) is 1. The van der Waals surface area contributed by atoms with Crippen molar-refractivity contribution in [2.45, 2.75) is 43.4 Å². The average molecular weight is 408 g/mol. The molecule has 0 saturated carbocycles. The molecule has 0 saturated heterocycles. The van der Waals surface area contributed by atoms with E-state index in [2.05, 4.69) is 4.98 Å². The lowest BCUT2D eigenvalue weighted by Crippen LogP contribution is -2.38. The normalized spacial score (nSPS) is 13.0. The highest BCUT2D eigenvalue weighted by Gasteiger charge is 2.29. The van der Waals surface area contributed by atoms with Crippen LogP contribution in [0.15, 0.2) is 28.2 Å². The Balaban J connectivity index is 2.33. The van der Waals surface area contributed by atoms with E-state index in [1.165, 1.54) is 17.6 Å². The molecular weight excluding hydrogens is 391 g/mol. The fourth-order valence-electron chi connectivity index (χ4n) is 2.23. The summed E-state index contributed by atoms with van der Waals surface area (Å²) < 4.78 is 38.2. The van der Waals surface area contributed by atoms with Crippen LogP contribution < -0.4 is 10.9 Å². The minimum Gasteiger partial charge on any atom is -0.346 e. The Kier molecular flexibility index (Phi) is 6.57. The summed E-state index contributed by atoms with van der Waals surface area (Å²) >= 11 is 6.87. The topological polar surface area (TPSA) is 64.0 Å². The Hall–Kier alpha value is -1.74. The van der Waals surface area contributed by atoms with Crippen molar-refractivity contribution in [1.29, 1.82) is 0 Å². The Bertz CT molecular complexity index is 870. The molecule has 0 aliphatic rings. The van der Waals surface area contributed by atoms with Gasteiger partial charge in [0.25, 0.3) is 5.56 Å². The Morgan fingerprint density at radius 2 is 2.12 bits per heavy atom. The Morgan fingerprint density at radius 1 is 1.42 bits per heavy atom. The van der Waals surface area contributed by atoms with Gasteiger partial charge in [0.2, 0.25) is 5.91 Å². The number of aromatic nitrogens is 2. The number of nitrogens with zero attached hydrogens (tertiary/aromatic N) is 2. The first kappa shape index (κ1) is 20.6. The molecule has 1 amide bonds. The van der Waals surface area contributed by atoms with Crippen molar-refractivity contribution < 1.29 is 18.0 Å². The number of fused-ring (bicyclic) bond motifs is 1. The third-order valence-corrected chi connectivity index (χ3v) is 4.77. The van der Waals surface area contributed by atoms with Crippen molar-refractivity contribution >= 4 is 40.2 Å². The van der Waals surface area contributed by atoms with Gasteiger partial charge in [0.1, 0.15) is 6.54 Å². The van der Waals surface area contributed by atoms with Gasteiger partial charge < -0.3 is 5.32 Å². The van der Waals surface area contributed by atoms with Gasteiger partial charge in [-0.05, 0) is 31.5 Å². The molecule has 2 aromatic rings. The van der Waals surface area contributed by atoms with Crippen LogP contribution in [0.4, 0.5) is 13.2 Å². The number of amides is 1. The summed E-state index contributed by atoms with van der Waals surface area (Å²) in [7, 11) is 0. The Morgan fingerprint density at radius 3 is 2.73 bits per heavy atom. The number of hydrogen-bond acceptors (Lipinski definition) is 4. The molecule has 0 fully saturated rings. The van der Waals surface area contributed by atoms with Crippen LogP contribution in [-0.4, -0.2) is 33.4 Å². The maximum atomic E-state index is 12.7. The Labute approximate surface area is 156 Å². The summed E-state index contributed by atoms with van der Waals surface area (Å²) in [6.07, 6.45) is -3.83. The maximum absolute atomic E-state index is 12.7. The number of alkyl halides is 3. The van der Waals surface area contributed by atoms with Crippen LogP contribution in [0.1, 0.15) is 20.3 Å². The second-order valence-electron chi connectivity index (χ2n) is 5.61. The first-order chi connectivity index (χ1) is 12.1. The van der Waals surface area contributed by atoms with E-state index < -0.39 is 23.9 Å². The second-order valence-corrected chi connectivity index (χ2v) is 7.35. The molecule has 26 heavy (non-hydrogen) atoms. The molecule has 1 aromatic heterocycles. The van der Waals surface area contributed by atoms with E-state index in [1.54, 1.807) is 12.1 Å². The number of rotatable bonds is 6. The smallest absolute Gasteiger partial charge is 0.346 e. The minimum absolute atomic E-state index is 0.265. The molecule has 2 rings (SSSR count). The van der Waals surface area contributed by atoms with Gasteiger partial charge in [-0.25, -0.2) is 4.98 Å². The number of thioether (sulfide) groups is 1. The van der Waals surface area contributed by atoms with Crippen molar-refractivity contribution in [3.05, 3.63) is 33.6 Å². The minimum atomic E-state index is -4.48. The monoisotopic (exact) mass is 407 g/mol. The van der Waals surface area contributed by atoms with Gasteiger partial charge in [0.15, 0.2) is 5.16 Å². The summed E-state index contributed by atoms with van der Waals surface area (Å²) in [5, 5.41) is 2.04. The standard InChI is InChI=1S/C16H17ClF3N3O2S/c1-3-6-23-14(25)11-5-4-10(17)7-12(11)22-15(23)26-9(2)13(24)21-8-16(18,19)20/h4-5,7,9H,3,6,8H2,1-2H3,(H,21,24). The molecule has 1 N–H and O–H groups in total. The summed E-state index contributed by atoms with van der Waals surface area (Å²) in [5.41, 5.74) is 0.0965. The molecule has 1 heterocycles. The van der Waals surface area contributed by atoms with Gasteiger partial charge in [0, 0.05) is 11.6 Å². The van der Waals surface area contributed by atoms with E-state index >= 15 is 0 Å². The predicted octanol–water partition coefficient (Wildman–Crippen LogP) is 3.62. The molecule has 0 spiro atoms. The molecule has 0 radical (unpaired) electrons. The number of benzene rings is 1. The van der Waals surface area contributed by atoms with Crippen molar-refractivity contribution in [3.8, 4) is 0 Å². The van der Waals surface area contributed by atoms with Crippen LogP contribution in [-0.2, 0) is 11.3 Å². The highest BCUT2D eigenvalue weighted by atomic mass is 35.5. The lowest BCUT2D eigenvalue weighted by atomic mass is 10.2. The largest absolute Gasteiger partial charge is 0.405 e. The highest BCUT2D eigenvalue weighted by molar-refractivity contribution is 8.00. The molecule has 1 aromatic carbocycles. The highest BCUT2D eigenvalue weighted by Crippen LogP contribution is 2.24. The molecule has 10 heteroatoms. The van der Waals surface area contributed by atoms with Gasteiger partial charge in [-0.15, -0.1) is 0 Å². The van der Waals surface area contributed by atoms with Gasteiger partial charge in [-0.2, -0.15) is 13.2 Å². The lowest BCUT2D eigenvalue weighted by Gasteiger charge is -2.16. The van der Waals surface area contributed by atoms with E-state index in [0.717, 1.165) is 11.8 Å². The first-order valence-electron chi connectivity index (χ1n) is 7.83. The van der Waals surface area contributed by atoms with E-state index in [4.69, 9.17) is 11.6 Å². The molecule has 1 atom stereocenters. The number of carbonyl (C=O) groups excluding carboxylic acids is 1. The number of halogens is 4. The average Bonchev–Trinajstić information content (AvgIpc) is 2.55. The maximum Gasteiger partial charge on any atom is 0.405 e. The van der Waals surface area contributed by atoms with Crippen molar-refractivity contribution in [3.63, 3.8) is 0 Å². The van der Waals surface area contributed by atoms with Crippen molar-refractivity contribution in [2.24, 2.45) is 0 Å². The van der Waals surface area contributed by atoms with Crippen molar-refractivity contribution in [1.82, 2.24) is 14.9 Å². The van der Waals surface area contributed by atoms with E-state index in [9.17, 15) is 22.8 Å². The quantitative estimate of drug-likeness (QED) is 0.586. The van der Waals surface area contributed by atoms with Crippen LogP contribution in [0, 0.1) is 0 Å². The number of nitrogens with one attached hydrogen (secondary N) is 1. The predicted molar refractivity (Wildman–Crippen MR) is 95.7 cm³/mol. The second kappa shape index (κ2) is 8.30. The van der Waals surface area contributed by atoms with Gasteiger partial charge >= 0.3 is 6.18 Å². The van der Waals surface area contributed by atoms with Gasteiger partial charge in [0.05, 0.1) is 16.2 Å². The van der Waals surface area contributed by atoms with E-state index in [1.807, 2.05) is 12.2 Å². The van der Waals surface area contributed by atoms with Crippen LogP contribution in [0.2, 0.25) is 5.02 Å². The summed E-state index contributed by atoms with van der Waals surface area (Å²) in [4.78, 5) is 29.0. The van der Waals surface area contributed by atoms with Crippen LogP contribution in [0.3, 0.4) is 0 Å². The fraction of sp³-hybridized carbons (Fsp3) is 0.438. The lowest BCUT2D eigenvalue weighted by molar-refractivity contribution is -0.137. The molecule has 0 aliphatic heterocycles. The number of carbonyl (C=O) groups is 1. The summed E-state index contributed by atoms with van der Waals surface area (Å²) in [6, 6.07) is 4.70. The van der Waals surface area contributed by atoms with Crippen LogP contribution >= 0.6 is 23.4 Å². The third kappa shape index (κ3) is 5.14. The first-order valence-corrected chi connectivity index (χ1v) is 9.09. The van der Waals surface area contributed by atoms with Gasteiger partial charge in [-0.1, -0.05) is 30.3 Å². The van der Waals surface area contributed by atoms with Crippen LogP contribution in [0.5, 0.6) is 0 Å².